The second-order valence-corrected chi connectivity index (χ2v) is 9.04. The molecule has 2 aliphatic rings. The number of hydrogen-bond donors (Lipinski definition) is 2. The zero-order valence-electron chi connectivity index (χ0n) is 14.9. The van der Waals surface area contributed by atoms with Crippen LogP contribution in [0.1, 0.15) is 0 Å². The molecule has 0 saturated carbocycles. The first kappa shape index (κ1) is 16.2. The third kappa shape index (κ3) is 2.68. The molecule has 4 aromatic rings. The van der Waals surface area contributed by atoms with Crippen molar-refractivity contribution in [2.75, 3.05) is 10.6 Å². The molecule has 134 valence electrons. The molecule has 0 atom stereocenters. The molecule has 0 aromatic heterocycles. The molecule has 28 heavy (non-hydrogen) atoms. The lowest BCUT2D eigenvalue weighted by Crippen LogP contribution is -2.00. The van der Waals surface area contributed by atoms with Gasteiger partial charge in [-0.15, -0.1) is 0 Å². The highest BCUT2D eigenvalue weighted by Crippen LogP contribution is 2.47. The van der Waals surface area contributed by atoms with E-state index in [4.69, 9.17) is 0 Å². The maximum absolute atomic E-state index is 3.59. The molecule has 2 aliphatic heterocycles. The Morgan fingerprint density at radius 3 is 1.75 bits per heavy atom. The minimum atomic E-state index is 1.17. The lowest BCUT2D eigenvalue weighted by Gasteiger charge is -2.23. The highest BCUT2D eigenvalue weighted by atomic mass is 32.2. The minimum Gasteiger partial charge on any atom is -0.354 e. The van der Waals surface area contributed by atoms with Crippen LogP contribution >= 0.6 is 23.5 Å². The van der Waals surface area contributed by atoms with Crippen molar-refractivity contribution in [1.82, 2.24) is 0 Å². The molecular weight excluding hydrogens is 380 g/mol. The zero-order chi connectivity index (χ0) is 18.5. The van der Waals surface area contributed by atoms with Crippen LogP contribution in [0, 0.1) is 0 Å². The van der Waals surface area contributed by atoms with Crippen LogP contribution < -0.4 is 10.6 Å². The van der Waals surface area contributed by atoms with Gasteiger partial charge in [-0.25, -0.2) is 0 Å². The highest BCUT2D eigenvalue weighted by molar-refractivity contribution is 8.00. The largest absolute Gasteiger partial charge is 0.354 e. The van der Waals surface area contributed by atoms with Crippen LogP contribution in [0.4, 0.5) is 22.7 Å². The maximum atomic E-state index is 3.59. The number of rotatable bonds is 1. The molecule has 0 aliphatic carbocycles. The average molecular weight is 397 g/mol. The Labute approximate surface area is 172 Å². The van der Waals surface area contributed by atoms with E-state index < -0.39 is 0 Å². The molecule has 2 nitrogen and oxygen atoms in total. The van der Waals surface area contributed by atoms with Gasteiger partial charge < -0.3 is 10.6 Å². The van der Waals surface area contributed by atoms with Crippen molar-refractivity contribution in [3.63, 3.8) is 0 Å². The van der Waals surface area contributed by atoms with Gasteiger partial charge in [0, 0.05) is 19.6 Å². The molecule has 6 rings (SSSR count). The van der Waals surface area contributed by atoms with E-state index in [9.17, 15) is 0 Å². The van der Waals surface area contributed by atoms with Crippen LogP contribution in [0.15, 0.2) is 105 Å². The van der Waals surface area contributed by atoms with Crippen LogP contribution in [0.25, 0.3) is 11.1 Å². The number of nitrogens with one attached hydrogen (secondary N) is 2. The molecule has 4 aromatic carbocycles. The third-order valence-electron chi connectivity index (χ3n) is 5.05. The predicted molar refractivity (Wildman–Crippen MR) is 120 cm³/mol. The second kappa shape index (κ2) is 6.36. The van der Waals surface area contributed by atoms with Gasteiger partial charge in [0.05, 0.1) is 22.7 Å². The standard InChI is InChI=1S/C24H16N2S2/c1-4-8-22-17(5-1)25-19-11-9-16(14-24(19)28-22)15-10-12-23-20(13-15)26-18-6-2-3-7-21(18)27-23/h1-14,25-26H. The molecule has 0 fully saturated rings. The molecule has 0 saturated heterocycles. The molecule has 0 radical (unpaired) electrons. The highest BCUT2D eigenvalue weighted by Gasteiger charge is 2.18. The SMILES string of the molecule is c1ccc2c(c1)Nc1cc(-c3ccc4c(c3)Sc3ccccc3N4)ccc1S2. The minimum absolute atomic E-state index is 1.17. The topological polar surface area (TPSA) is 24.1 Å². The molecule has 4 heteroatoms. The van der Waals surface area contributed by atoms with Gasteiger partial charge in [-0.1, -0.05) is 59.9 Å². The number of anilines is 4. The van der Waals surface area contributed by atoms with Crippen LogP contribution in [-0.4, -0.2) is 0 Å². The molecule has 0 spiro atoms. The van der Waals surface area contributed by atoms with Gasteiger partial charge in [0.2, 0.25) is 0 Å². The fourth-order valence-corrected chi connectivity index (χ4v) is 5.63. The fourth-order valence-electron chi connectivity index (χ4n) is 3.63. The van der Waals surface area contributed by atoms with Gasteiger partial charge in [-0.05, 0) is 59.7 Å². The Morgan fingerprint density at radius 2 is 0.964 bits per heavy atom. The number of para-hydroxylation sites is 2. The first-order valence-electron chi connectivity index (χ1n) is 9.20. The average Bonchev–Trinajstić information content (AvgIpc) is 2.75. The van der Waals surface area contributed by atoms with E-state index >= 15 is 0 Å². The Kier molecular flexibility index (Phi) is 3.67. The van der Waals surface area contributed by atoms with Gasteiger partial charge in [0.1, 0.15) is 0 Å². The Bertz CT molecular complexity index is 1140. The lowest BCUT2D eigenvalue weighted by atomic mass is 10.0. The first-order valence-corrected chi connectivity index (χ1v) is 10.8. The predicted octanol–water partition coefficient (Wildman–Crippen LogP) is 7.77. The summed E-state index contributed by atoms with van der Waals surface area (Å²) in [6.45, 7) is 0. The fraction of sp³-hybridized carbons (Fsp3) is 0. The Balaban J connectivity index is 1.36. The summed E-state index contributed by atoms with van der Waals surface area (Å²) >= 11 is 3.65. The van der Waals surface area contributed by atoms with Gasteiger partial charge >= 0.3 is 0 Å². The molecule has 0 bridgehead atoms. The maximum Gasteiger partial charge on any atom is 0.0532 e. The number of fused-ring (bicyclic) bond motifs is 4. The summed E-state index contributed by atoms with van der Waals surface area (Å²) in [5.41, 5.74) is 7.18. The quantitative estimate of drug-likeness (QED) is 0.296. The molecular formula is C24H16N2S2. The summed E-state index contributed by atoms with van der Waals surface area (Å²) in [4.78, 5) is 5.08. The van der Waals surface area contributed by atoms with Crippen LogP contribution in [0.5, 0.6) is 0 Å². The lowest BCUT2D eigenvalue weighted by molar-refractivity contribution is 1.30. The Morgan fingerprint density at radius 1 is 0.429 bits per heavy atom. The van der Waals surface area contributed by atoms with Crippen LogP contribution in [-0.2, 0) is 0 Å². The summed E-state index contributed by atoms with van der Waals surface area (Å²) in [5.74, 6) is 0. The normalized spacial score (nSPS) is 13.3. The van der Waals surface area contributed by atoms with Gasteiger partial charge in [-0.3, -0.25) is 0 Å². The van der Waals surface area contributed by atoms with E-state index in [1.165, 1.54) is 53.5 Å². The number of hydrogen-bond acceptors (Lipinski definition) is 4. The first-order chi connectivity index (χ1) is 13.8. The summed E-state index contributed by atoms with van der Waals surface area (Å²) in [6, 6.07) is 30.3. The van der Waals surface area contributed by atoms with Crippen LogP contribution in [0.3, 0.4) is 0 Å². The van der Waals surface area contributed by atoms with Crippen molar-refractivity contribution in [2.24, 2.45) is 0 Å². The van der Waals surface area contributed by atoms with Crippen molar-refractivity contribution >= 4 is 46.3 Å². The van der Waals surface area contributed by atoms with Crippen molar-refractivity contribution in [3.8, 4) is 11.1 Å². The van der Waals surface area contributed by atoms with Crippen molar-refractivity contribution < 1.29 is 0 Å². The summed E-state index contributed by atoms with van der Waals surface area (Å²) in [6.07, 6.45) is 0. The molecule has 0 amide bonds. The number of benzene rings is 4. The Hall–Kier alpha value is -2.82. The van der Waals surface area contributed by atoms with Gasteiger partial charge in [-0.2, -0.15) is 0 Å². The van der Waals surface area contributed by atoms with Gasteiger partial charge in [0.25, 0.3) is 0 Å². The van der Waals surface area contributed by atoms with Crippen LogP contribution in [0.2, 0.25) is 0 Å². The molecule has 2 heterocycles. The summed E-state index contributed by atoms with van der Waals surface area (Å²) < 4.78 is 0. The molecule has 2 N–H and O–H groups in total. The van der Waals surface area contributed by atoms with E-state index in [0.717, 1.165) is 0 Å². The molecule has 0 unspecified atom stereocenters. The summed E-state index contributed by atoms with van der Waals surface area (Å²) in [5, 5.41) is 7.13. The zero-order valence-corrected chi connectivity index (χ0v) is 16.5. The summed E-state index contributed by atoms with van der Waals surface area (Å²) in [7, 11) is 0. The smallest absolute Gasteiger partial charge is 0.0532 e. The van der Waals surface area contributed by atoms with E-state index in [0.29, 0.717) is 0 Å². The van der Waals surface area contributed by atoms with E-state index in [1.807, 2.05) is 23.5 Å². The van der Waals surface area contributed by atoms with E-state index in [1.54, 1.807) is 0 Å². The van der Waals surface area contributed by atoms with E-state index in [2.05, 4.69) is 95.6 Å². The van der Waals surface area contributed by atoms with Crippen molar-refractivity contribution in [1.29, 1.82) is 0 Å². The van der Waals surface area contributed by atoms with Crippen molar-refractivity contribution in [3.05, 3.63) is 84.9 Å². The van der Waals surface area contributed by atoms with Crippen molar-refractivity contribution in [2.45, 2.75) is 19.6 Å². The monoisotopic (exact) mass is 396 g/mol. The second-order valence-electron chi connectivity index (χ2n) is 6.87. The third-order valence-corrected chi connectivity index (χ3v) is 7.33. The van der Waals surface area contributed by atoms with E-state index in [-0.39, 0.29) is 0 Å². The van der Waals surface area contributed by atoms with Gasteiger partial charge in [0.15, 0.2) is 0 Å².